The molecule has 122 valence electrons. The van der Waals surface area contributed by atoms with Crippen molar-refractivity contribution in [3.8, 4) is 11.5 Å². The van der Waals surface area contributed by atoms with Crippen molar-refractivity contribution in [1.29, 1.82) is 0 Å². The predicted octanol–water partition coefficient (Wildman–Crippen LogP) is 2.20. The summed E-state index contributed by atoms with van der Waals surface area (Å²) in [5.41, 5.74) is 1.10. The van der Waals surface area contributed by atoms with Gasteiger partial charge in [-0.15, -0.1) is 0 Å². The van der Waals surface area contributed by atoms with Crippen molar-refractivity contribution in [2.45, 2.75) is 32.7 Å². The van der Waals surface area contributed by atoms with Gasteiger partial charge >= 0.3 is 0 Å². The molecule has 1 aliphatic heterocycles. The first-order chi connectivity index (χ1) is 10.8. The molecule has 1 fully saturated rings. The van der Waals surface area contributed by atoms with E-state index in [0.29, 0.717) is 12.5 Å². The molecule has 1 N–H and O–H groups in total. The zero-order valence-corrected chi connectivity index (χ0v) is 13.6. The summed E-state index contributed by atoms with van der Waals surface area (Å²) < 4.78 is 11.0. The quantitative estimate of drug-likeness (QED) is 0.711. The molecule has 0 atom stereocenters. The number of carbonyl (C=O) groups excluding carboxylic acids is 1. The van der Waals surface area contributed by atoms with E-state index in [2.05, 4.69) is 5.32 Å². The van der Waals surface area contributed by atoms with Gasteiger partial charge < -0.3 is 19.7 Å². The number of hydrogen-bond donors (Lipinski definition) is 1. The Kier molecular flexibility index (Phi) is 6.52. The second kappa shape index (κ2) is 8.63. The van der Waals surface area contributed by atoms with Crippen molar-refractivity contribution >= 4 is 5.91 Å². The van der Waals surface area contributed by atoms with Gasteiger partial charge in [0.15, 0.2) is 11.5 Å². The smallest absolute Gasteiger partial charge is 0.222 e. The van der Waals surface area contributed by atoms with E-state index < -0.39 is 0 Å². The number of hydrogen-bond acceptors (Lipinski definition) is 4. The van der Waals surface area contributed by atoms with Crippen LogP contribution in [0.15, 0.2) is 18.2 Å². The highest BCUT2D eigenvalue weighted by Crippen LogP contribution is 2.30. The maximum atomic E-state index is 11.5. The molecule has 0 bridgehead atoms. The van der Waals surface area contributed by atoms with Gasteiger partial charge in [0.05, 0.1) is 13.7 Å². The van der Waals surface area contributed by atoms with Crippen LogP contribution in [0.25, 0.3) is 0 Å². The monoisotopic (exact) mass is 306 g/mol. The maximum Gasteiger partial charge on any atom is 0.222 e. The first-order valence-corrected chi connectivity index (χ1v) is 8.03. The molecule has 1 amide bonds. The van der Waals surface area contributed by atoms with Gasteiger partial charge in [-0.25, -0.2) is 0 Å². The van der Waals surface area contributed by atoms with Crippen molar-refractivity contribution in [1.82, 2.24) is 10.2 Å². The Morgan fingerprint density at radius 2 is 2.23 bits per heavy atom. The average molecular weight is 306 g/mol. The Bertz CT molecular complexity index is 491. The van der Waals surface area contributed by atoms with E-state index in [1.54, 1.807) is 7.11 Å². The van der Waals surface area contributed by atoms with Gasteiger partial charge in [-0.1, -0.05) is 12.1 Å². The lowest BCUT2D eigenvalue weighted by Gasteiger charge is -2.16. The van der Waals surface area contributed by atoms with Crippen LogP contribution in [0.4, 0.5) is 0 Å². The molecule has 1 saturated heterocycles. The molecule has 22 heavy (non-hydrogen) atoms. The first kappa shape index (κ1) is 16.6. The van der Waals surface area contributed by atoms with E-state index in [1.807, 2.05) is 30.0 Å². The average Bonchev–Trinajstić information content (AvgIpc) is 2.93. The van der Waals surface area contributed by atoms with Crippen LogP contribution >= 0.6 is 0 Å². The topological polar surface area (TPSA) is 50.8 Å². The van der Waals surface area contributed by atoms with Crippen LogP contribution < -0.4 is 14.8 Å². The second-order valence-electron chi connectivity index (χ2n) is 5.40. The van der Waals surface area contributed by atoms with Crippen LogP contribution in [0.1, 0.15) is 31.7 Å². The molecule has 0 aliphatic carbocycles. The van der Waals surface area contributed by atoms with E-state index in [4.69, 9.17) is 9.47 Å². The van der Waals surface area contributed by atoms with Crippen molar-refractivity contribution in [3.05, 3.63) is 23.8 Å². The Morgan fingerprint density at radius 1 is 1.36 bits per heavy atom. The molecular formula is C17H26N2O3. The maximum absolute atomic E-state index is 11.5. The van der Waals surface area contributed by atoms with Crippen molar-refractivity contribution in [2.75, 3.05) is 33.4 Å². The zero-order valence-electron chi connectivity index (χ0n) is 13.6. The Balaban J connectivity index is 1.77. The third-order valence-corrected chi connectivity index (χ3v) is 3.84. The summed E-state index contributed by atoms with van der Waals surface area (Å²) in [4.78, 5) is 13.5. The number of likely N-dealkylation sites (tertiary alicyclic amines) is 1. The molecule has 5 nitrogen and oxygen atoms in total. The third kappa shape index (κ3) is 4.37. The Morgan fingerprint density at radius 3 is 2.91 bits per heavy atom. The number of para-hydroxylation sites is 1. The molecule has 0 unspecified atom stereocenters. The molecule has 0 spiro atoms. The lowest BCUT2D eigenvalue weighted by Crippen LogP contribution is -2.28. The van der Waals surface area contributed by atoms with E-state index in [0.717, 1.165) is 62.5 Å². The standard InChI is InChI=1S/C17H26N2O3/c1-3-22-17-14(7-4-8-15(17)21-2)13-18-10-6-12-19-11-5-9-16(19)20/h4,7-8,18H,3,5-6,9-13H2,1-2H3. The van der Waals surface area contributed by atoms with Gasteiger partial charge in [-0.2, -0.15) is 0 Å². The Labute approximate surface area is 132 Å². The summed E-state index contributed by atoms with van der Waals surface area (Å²) in [7, 11) is 1.65. The zero-order chi connectivity index (χ0) is 15.8. The molecule has 1 aromatic carbocycles. The highest BCUT2D eigenvalue weighted by Gasteiger charge is 2.18. The third-order valence-electron chi connectivity index (χ3n) is 3.84. The summed E-state index contributed by atoms with van der Waals surface area (Å²) in [6, 6.07) is 5.93. The van der Waals surface area contributed by atoms with Crippen LogP contribution in [0.5, 0.6) is 11.5 Å². The molecule has 1 aliphatic rings. The van der Waals surface area contributed by atoms with Crippen LogP contribution in [0.2, 0.25) is 0 Å². The largest absolute Gasteiger partial charge is 0.493 e. The van der Waals surface area contributed by atoms with Gasteiger partial charge in [0.25, 0.3) is 0 Å². The number of amides is 1. The van der Waals surface area contributed by atoms with E-state index >= 15 is 0 Å². The van der Waals surface area contributed by atoms with E-state index in [-0.39, 0.29) is 0 Å². The molecule has 0 radical (unpaired) electrons. The van der Waals surface area contributed by atoms with E-state index in [1.165, 1.54) is 0 Å². The normalized spacial score (nSPS) is 14.5. The van der Waals surface area contributed by atoms with E-state index in [9.17, 15) is 4.79 Å². The minimum absolute atomic E-state index is 0.298. The number of nitrogens with zero attached hydrogens (tertiary/aromatic N) is 1. The molecule has 5 heteroatoms. The lowest BCUT2D eigenvalue weighted by molar-refractivity contribution is -0.127. The fourth-order valence-electron chi connectivity index (χ4n) is 2.73. The fraction of sp³-hybridized carbons (Fsp3) is 0.588. The first-order valence-electron chi connectivity index (χ1n) is 8.03. The molecule has 0 aromatic heterocycles. The van der Waals surface area contributed by atoms with Crippen LogP contribution in [0.3, 0.4) is 0 Å². The molecule has 0 saturated carbocycles. The van der Waals surface area contributed by atoms with Gasteiger partial charge in [0, 0.05) is 31.6 Å². The van der Waals surface area contributed by atoms with Crippen molar-refractivity contribution in [2.24, 2.45) is 0 Å². The number of carbonyl (C=O) groups is 1. The summed E-state index contributed by atoms with van der Waals surface area (Å²) in [5.74, 6) is 1.88. The Hall–Kier alpha value is -1.75. The highest BCUT2D eigenvalue weighted by molar-refractivity contribution is 5.77. The lowest BCUT2D eigenvalue weighted by atomic mass is 10.2. The minimum Gasteiger partial charge on any atom is -0.493 e. The summed E-state index contributed by atoms with van der Waals surface area (Å²) in [6.45, 7) is 5.97. The molecule has 1 heterocycles. The number of benzene rings is 1. The van der Waals surface area contributed by atoms with Gasteiger partial charge in [-0.05, 0) is 32.4 Å². The summed E-state index contributed by atoms with van der Waals surface area (Å²) >= 11 is 0. The van der Waals surface area contributed by atoms with Crippen LogP contribution in [-0.4, -0.2) is 44.2 Å². The number of ether oxygens (including phenoxy) is 2. The van der Waals surface area contributed by atoms with Crippen molar-refractivity contribution < 1.29 is 14.3 Å². The van der Waals surface area contributed by atoms with Crippen LogP contribution in [0, 0.1) is 0 Å². The molecule has 2 rings (SSSR count). The summed E-state index contributed by atoms with van der Waals surface area (Å²) in [6.07, 6.45) is 2.70. The molecule has 1 aromatic rings. The highest BCUT2D eigenvalue weighted by atomic mass is 16.5. The SMILES string of the molecule is CCOc1c(CNCCCN2CCCC2=O)cccc1OC. The number of methoxy groups -OCH3 is 1. The van der Waals surface area contributed by atoms with Crippen molar-refractivity contribution in [3.63, 3.8) is 0 Å². The van der Waals surface area contributed by atoms with Gasteiger partial charge in [-0.3, -0.25) is 4.79 Å². The van der Waals surface area contributed by atoms with Gasteiger partial charge in [0.2, 0.25) is 5.91 Å². The van der Waals surface area contributed by atoms with Crippen LogP contribution in [-0.2, 0) is 11.3 Å². The molecular weight excluding hydrogens is 280 g/mol. The van der Waals surface area contributed by atoms with Gasteiger partial charge in [0.1, 0.15) is 0 Å². The minimum atomic E-state index is 0.298. The predicted molar refractivity (Wildman–Crippen MR) is 86.3 cm³/mol. The fourth-order valence-corrected chi connectivity index (χ4v) is 2.73. The number of rotatable bonds is 9. The summed E-state index contributed by atoms with van der Waals surface area (Å²) in [5, 5.41) is 3.42. The number of nitrogens with one attached hydrogen (secondary N) is 1. The second-order valence-corrected chi connectivity index (χ2v) is 5.40.